The van der Waals surface area contributed by atoms with Crippen LogP contribution in [0.2, 0.25) is 0 Å². The maximum atomic E-state index is 11.3. The number of hydrogen-bond donors (Lipinski definition) is 1. The number of carboxylic acids is 1. The van der Waals surface area contributed by atoms with Gasteiger partial charge < -0.3 is 5.11 Å². The summed E-state index contributed by atoms with van der Waals surface area (Å²) in [5, 5.41) is 7.42. The summed E-state index contributed by atoms with van der Waals surface area (Å²) in [5.41, 5.74) is 0. The van der Waals surface area contributed by atoms with Gasteiger partial charge in [0.1, 0.15) is 0 Å². The van der Waals surface area contributed by atoms with Crippen LogP contribution in [0.1, 0.15) is 0 Å². The molecule has 1 N–H and O–H groups in total. The number of halogens is 4. The summed E-state index contributed by atoms with van der Waals surface area (Å²) in [7, 11) is 0. The minimum absolute atomic E-state index is 0. The SMILES string of the molecule is O=C(O)C(F)C(F)(F)F.[NaH]. The van der Waals surface area contributed by atoms with Crippen molar-refractivity contribution in [1.29, 1.82) is 0 Å². The second-order valence-electron chi connectivity index (χ2n) is 1.24. The molecule has 0 rings (SSSR count). The first-order chi connectivity index (χ1) is 3.85. The number of alkyl halides is 4. The zero-order valence-electron chi connectivity index (χ0n) is 3.94. The van der Waals surface area contributed by atoms with E-state index in [1.54, 1.807) is 0 Å². The molecule has 0 aromatic heterocycles. The van der Waals surface area contributed by atoms with Crippen molar-refractivity contribution in [3.63, 3.8) is 0 Å². The van der Waals surface area contributed by atoms with Gasteiger partial charge in [-0.05, 0) is 0 Å². The zero-order valence-corrected chi connectivity index (χ0v) is 3.94. The van der Waals surface area contributed by atoms with E-state index in [0.717, 1.165) is 0 Å². The van der Waals surface area contributed by atoms with E-state index >= 15 is 0 Å². The average molecular weight is 170 g/mol. The predicted octanol–water partition coefficient (Wildman–Crippen LogP) is 0.323. The molecule has 0 heterocycles. The molecule has 1 atom stereocenters. The normalized spacial score (nSPS) is 13.6. The Hall–Kier alpha value is 0.190. The van der Waals surface area contributed by atoms with Gasteiger partial charge in [-0.3, -0.25) is 0 Å². The van der Waals surface area contributed by atoms with Gasteiger partial charge in [0.2, 0.25) is 0 Å². The van der Waals surface area contributed by atoms with Gasteiger partial charge in [0.25, 0.3) is 6.17 Å². The number of rotatable bonds is 1. The molecule has 10 heavy (non-hydrogen) atoms. The van der Waals surface area contributed by atoms with E-state index in [0.29, 0.717) is 0 Å². The molecule has 0 amide bonds. The number of aliphatic carboxylic acids is 1. The van der Waals surface area contributed by atoms with Gasteiger partial charge in [0, 0.05) is 0 Å². The molecular formula is C3H3F4NaO2. The van der Waals surface area contributed by atoms with Crippen molar-refractivity contribution in [2.75, 3.05) is 0 Å². The molecule has 0 spiro atoms. The number of carbonyl (C=O) groups is 1. The van der Waals surface area contributed by atoms with Crippen LogP contribution in [0.4, 0.5) is 17.6 Å². The van der Waals surface area contributed by atoms with Crippen LogP contribution in [-0.4, -0.2) is 53.0 Å². The Morgan fingerprint density at radius 2 is 1.70 bits per heavy atom. The van der Waals surface area contributed by atoms with Crippen molar-refractivity contribution in [2.24, 2.45) is 0 Å². The molecular weight excluding hydrogens is 167 g/mol. The standard InChI is InChI=1S/C3H2F4O2.Na.H/c4-1(2(8)9)3(5,6)7;;/h1H,(H,8,9);;. The van der Waals surface area contributed by atoms with Gasteiger partial charge >= 0.3 is 41.7 Å². The molecule has 7 heteroatoms. The summed E-state index contributed by atoms with van der Waals surface area (Å²) in [5.74, 6) is -2.51. The summed E-state index contributed by atoms with van der Waals surface area (Å²) in [4.78, 5) is 9.25. The Kier molecular flexibility index (Phi) is 5.32. The Labute approximate surface area is 75.5 Å². The summed E-state index contributed by atoms with van der Waals surface area (Å²) >= 11 is 0. The second kappa shape index (κ2) is 4.15. The Morgan fingerprint density at radius 1 is 1.40 bits per heavy atom. The molecule has 0 aliphatic rings. The maximum absolute atomic E-state index is 11.3. The Bertz CT molecular complexity index is 122. The van der Waals surface area contributed by atoms with Crippen LogP contribution in [0.15, 0.2) is 0 Å². The van der Waals surface area contributed by atoms with Gasteiger partial charge in [-0.25, -0.2) is 9.18 Å². The molecule has 56 valence electrons. The fourth-order valence-electron chi connectivity index (χ4n) is 0.140. The van der Waals surface area contributed by atoms with Gasteiger partial charge in [0.15, 0.2) is 0 Å². The van der Waals surface area contributed by atoms with Crippen LogP contribution in [0, 0.1) is 0 Å². The molecule has 1 unspecified atom stereocenters. The van der Waals surface area contributed by atoms with Crippen molar-refractivity contribution in [2.45, 2.75) is 12.3 Å². The summed E-state index contributed by atoms with van der Waals surface area (Å²) in [6.45, 7) is 0. The summed E-state index contributed by atoms with van der Waals surface area (Å²) in [6, 6.07) is 0. The van der Waals surface area contributed by atoms with Crippen LogP contribution in [0.25, 0.3) is 0 Å². The topological polar surface area (TPSA) is 37.3 Å². The Morgan fingerprint density at radius 3 is 1.70 bits per heavy atom. The zero-order chi connectivity index (χ0) is 7.65. The molecule has 0 saturated carbocycles. The molecule has 0 radical (unpaired) electrons. The first kappa shape index (κ1) is 12.8. The summed E-state index contributed by atoms with van der Waals surface area (Å²) in [6.07, 6.45) is -9.05. The monoisotopic (exact) mass is 170 g/mol. The van der Waals surface area contributed by atoms with Gasteiger partial charge in [-0.15, -0.1) is 0 Å². The molecule has 0 aromatic carbocycles. The minimum atomic E-state index is -5.29. The first-order valence-electron chi connectivity index (χ1n) is 1.79. The van der Waals surface area contributed by atoms with Crippen molar-refractivity contribution in [1.82, 2.24) is 0 Å². The van der Waals surface area contributed by atoms with E-state index in [9.17, 15) is 22.4 Å². The third kappa shape index (κ3) is 4.08. The van der Waals surface area contributed by atoms with E-state index in [4.69, 9.17) is 5.11 Å². The van der Waals surface area contributed by atoms with Crippen LogP contribution >= 0.6 is 0 Å². The third-order valence-electron chi connectivity index (χ3n) is 0.504. The van der Waals surface area contributed by atoms with Crippen molar-refractivity contribution < 1.29 is 27.5 Å². The third-order valence-corrected chi connectivity index (χ3v) is 0.504. The van der Waals surface area contributed by atoms with E-state index < -0.39 is 18.3 Å². The van der Waals surface area contributed by atoms with Gasteiger partial charge in [0.05, 0.1) is 0 Å². The molecule has 0 aliphatic carbocycles. The van der Waals surface area contributed by atoms with E-state index in [2.05, 4.69) is 0 Å². The molecule has 0 aliphatic heterocycles. The van der Waals surface area contributed by atoms with E-state index in [-0.39, 0.29) is 29.6 Å². The fraction of sp³-hybridized carbons (Fsp3) is 0.667. The van der Waals surface area contributed by atoms with Crippen molar-refractivity contribution >= 4 is 35.5 Å². The average Bonchev–Trinajstić information content (AvgIpc) is 1.62. The van der Waals surface area contributed by atoms with E-state index in [1.165, 1.54) is 0 Å². The molecule has 0 aromatic rings. The van der Waals surface area contributed by atoms with Crippen LogP contribution in [0.3, 0.4) is 0 Å². The van der Waals surface area contributed by atoms with Crippen molar-refractivity contribution in [3.05, 3.63) is 0 Å². The molecule has 0 fully saturated rings. The van der Waals surface area contributed by atoms with Crippen LogP contribution in [0.5, 0.6) is 0 Å². The fourth-order valence-corrected chi connectivity index (χ4v) is 0.140. The van der Waals surface area contributed by atoms with Crippen LogP contribution < -0.4 is 0 Å². The Balaban J connectivity index is 0. The van der Waals surface area contributed by atoms with Crippen LogP contribution in [-0.2, 0) is 4.79 Å². The quantitative estimate of drug-likeness (QED) is 0.454. The molecule has 0 saturated heterocycles. The van der Waals surface area contributed by atoms with Gasteiger partial charge in [-0.2, -0.15) is 13.2 Å². The second-order valence-corrected chi connectivity index (χ2v) is 1.24. The summed E-state index contributed by atoms with van der Waals surface area (Å²) < 4.78 is 44.1. The number of hydrogen-bond acceptors (Lipinski definition) is 1. The first-order valence-corrected chi connectivity index (χ1v) is 1.79. The van der Waals surface area contributed by atoms with Crippen molar-refractivity contribution in [3.8, 4) is 0 Å². The van der Waals surface area contributed by atoms with E-state index in [1.807, 2.05) is 0 Å². The number of carboxylic acid groups (broad SMARTS) is 1. The molecule has 0 bridgehead atoms. The van der Waals surface area contributed by atoms with Gasteiger partial charge in [-0.1, -0.05) is 0 Å². The molecule has 2 nitrogen and oxygen atoms in total. The predicted molar refractivity (Wildman–Crippen MR) is 25.7 cm³/mol.